The summed E-state index contributed by atoms with van der Waals surface area (Å²) in [5.41, 5.74) is 3.01. The molecule has 7 nitrogen and oxygen atoms in total. The second-order valence-corrected chi connectivity index (χ2v) is 8.08. The Morgan fingerprint density at radius 2 is 1.74 bits per heavy atom. The van der Waals surface area contributed by atoms with Crippen molar-refractivity contribution in [2.24, 2.45) is 5.16 Å². The number of carbonyl (C=O) groups excluding carboxylic acids is 1. The van der Waals surface area contributed by atoms with Crippen LogP contribution >= 0.6 is 0 Å². The first kappa shape index (κ1) is 22.1. The highest BCUT2D eigenvalue weighted by atomic mass is 16.6. The highest BCUT2D eigenvalue weighted by molar-refractivity contribution is 6.01. The summed E-state index contributed by atoms with van der Waals surface area (Å²) in [4.78, 5) is 17.6. The lowest BCUT2D eigenvalue weighted by molar-refractivity contribution is 0.00694. The van der Waals surface area contributed by atoms with Gasteiger partial charge >= 0.3 is 5.97 Å². The summed E-state index contributed by atoms with van der Waals surface area (Å²) < 4.78 is 11.3. The number of rotatable bonds is 7. The Balaban J connectivity index is 1.63. The zero-order chi connectivity index (χ0) is 22.4. The second kappa shape index (κ2) is 9.47. The predicted molar refractivity (Wildman–Crippen MR) is 118 cm³/mol. The maximum Gasteiger partial charge on any atom is 0.338 e. The van der Waals surface area contributed by atoms with Crippen molar-refractivity contribution in [3.63, 3.8) is 0 Å². The molecule has 0 bridgehead atoms. The Morgan fingerprint density at radius 1 is 1.06 bits per heavy atom. The predicted octanol–water partition coefficient (Wildman–Crippen LogP) is 5.41. The highest BCUT2D eigenvalue weighted by Crippen LogP contribution is 2.25. The second-order valence-electron chi connectivity index (χ2n) is 8.08. The smallest absolute Gasteiger partial charge is 0.338 e. The fourth-order valence-corrected chi connectivity index (χ4v) is 2.84. The van der Waals surface area contributed by atoms with Crippen molar-refractivity contribution in [3.8, 4) is 11.6 Å². The number of nitrogens with zero attached hydrogens (tertiary/aromatic N) is 2. The number of aromatic amines is 1. The van der Waals surface area contributed by atoms with E-state index in [9.17, 15) is 4.79 Å². The van der Waals surface area contributed by atoms with Crippen molar-refractivity contribution >= 4 is 11.7 Å². The van der Waals surface area contributed by atoms with E-state index in [1.54, 1.807) is 12.1 Å². The van der Waals surface area contributed by atoms with Crippen LogP contribution in [0, 0.1) is 6.92 Å². The van der Waals surface area contributed by atoms with Gasteiger partial charge in [0.05, 0.1) is 22.5 Å². The Bertz CT molecular complexity index is 1050. The first-order valence-corrected chi connectivity index (χ1v) is 10.00. The third-order valence-electron chi connectivity index (χ3n) is 4.26. The fraction of sp³-hybridized carbons (Fsp3) is 0.292. The van der Waals surface area contributed by atoms with Crippen molar-refractivity contribution in [3.05, 3.63) is 77.0 Å². The number of aromatic nitrogens is 2. The largest absolute Gasteiger partial charge is 0.456 e. The van der Waals surface area contributed by atoms with Gasteiger partial charge in [-0.2, -0.15) is 5.10 Å². The van der Waals surface area contributed by atoms with Gasteiger partial charge in [0.25, 0.3) is 0 Å². The lowest BCUT2D eigenvalue weighted by Crippen LogP contribution is -2.23. The monoisotopic (exact) mass is 421 g/mol. The zero-order valence-corrected chi connectivity index (χ0v) is 18.4. The molecule has 31 heavy (non-hydrogen) atoms. The Hall–Kier alpha value is -3.61. The fourth-order valence-electron chi connectivity index (χ4n) is 2.84. The Labute approximate surface area is 182 Å². The van der Waals surface area contributed by atoms with Gasteiger partial charge in [-0.05, 0) is 64.4 Å². The van der Waals surface area contributed by atoms with E-state index in [4.69, 9.17) is 14.3 Å². The van der Waals surface area contributed by atoms with Gasteiger partial charge in [0, 0.05) is 0 Å². The van der Waals surface area contributed by atoms with Gasteiger partial charge in [0.1, 0.15) is 18.0 Å². The lowest BCUT2D eigenvalue weighted by Gasteiger charge is -2.19. The van der Waals surface area contributed by atoms with Crippen molar-refractivity contribution in [2.75, 3.05) is 0 Å². The third-order valence-corrected chi connectivity index (χ3v) is 4.26. The maximum absolute atomic E-state index is 12.1. The van der Waals surface area contributed by atoms with Gasteiger partial charge < -0.3 is 14.3 Å². The number of aryl methyl sites for hydroxylation is 1. The summed E-state index contributed by atoms with van der Waals surface area (Å²) in [6, 6.07) is 16.5. The van der Waals surface area contributed by atoms with Crippen molar-refractivity contribution in [1.82, 2.24) is 10.2 Å². The number of benzene rings is 2. The summed E-state index contributed by atoms with van der Waals surface area (Å²) >= 11 is 0. The molecule has 0 saturated carbocycles. The molecular weight excluding hydrogens is 394 g/mol. The number of esters is 1. The quantitative estimate of drug-likeness (QED) is 0.313. The van der Waals surface area contributed by atoms with Crippen LogP contribution in [0.25, 0.3) is 0 Å². The van der Waals surface area contributed by atoms with E-state index in [1.807, 2.05) is 77.1 Å². The highest BCUT2D eigenvalue weighted by Gasteiger charge is 2.18. The summed E-state index contributed by atoms with van der Waals surface area (Å²) in [7, 11) is 0. The maximum atomic E-state index is 12.1. The number of oxime groups is 1. The summed E-state index contributed by atoms with van der Waals surface area (Å²) in [6.07, 6.45) is 0. The Morgan fingerprint density at radius 3 is 2.39 bits per heavy atom. The minimum atomic E-state index is -0.528. The van der Waals surface area contributed by atoms with Gasteiger partial charge in [-0.25, -0.2) is 9.89 Å². The van der Waals surface area contributed by atoms with E-state index in [2.05, 4.69) is 15.4 Å². The van der Waals surface area contributed by atoms with Crippen LogP contribution < -0.4 is 4.74 Å². The number of carbonyl (C=O) groups is 1. The zero-order valence-electron chi connectivity index (χ0n) is 18.4. The van der Waals surface area contributed by atoms with Gasteiger partial charge in [-0.1, -0.05) is 35.5 Å². The molecule has 3 aromatic rings. The van der Waals surface area contributed by atoms with E-state index in [-0.39, 0.29) is 12.6 Å². The summed E-state index contributed by atoms with van der Waals surface area (Å²) in [5.74, 6) is 0.858. The summed E-state index contributed by atoms with van der Waals surface area (Å²) in [6.45, 7) is 9.49. The molecule has 0 unspecified atom stereocenters. The van der Waals surface area contributed by atoms with Crippen molar-refractivity contribution < 1.29 is 19.1 Å². The van der Waals surface area contributed by atoms with Gasteiger partial charge in [-0.15, -0.1) is 0 Å². The van der Waals surface area contributed by atoms with Crippen LogP contribution in [0.3, 0.4) is 0 Å². The number of ether oxygens (including phenoxy) is 2. The van der Waals surface area contributed by atoms with Crippen LogP contribution in [0.5, 0.6) is 11.6 Å². The molecule has 0 aliphatic carbocycles. The molecule has 0 radical (unpaired) electrons. The van der Waals surface area contributed by atoms with Crippen LogP contribution in [0.2, 0.25) is 0 Å². The molecule has 0 aliphatic rings. The molecule has 1 N–H and O–H groups in total. The SMILES string of the molecule is CC(=NOCc1ccc(C(=O)OC(C)(C)C)cc1)c1c(C)n[nH]c1Oc1ccccc1. The molecule has 0 atom stereocenters. The van der Waals surface area contributed by atoms with Crippen molar-refractivity contribution in [2.45, 2.75) is 46.8 Å². The van der Waals surface area contributed by atoms with E-state index >= 15 is 0 Å². The van der Waals surface area contributed by atoms with E-state index in [0.29, 0.717) is 22.9 Å². The van der Waals surface area contributed by atoms with Crippen LogP contribution in [0.1, 0.15) is 54.9 Å². The average Bonchev–Trinajstić information content (AvgIpc) is 3.08. The molecule has 1 aromatic heterocycles. The van der Waals surface area contributed by atoms with Crippen LogP contribution in [-0.2, 0) is 16.2 Å². The number of nitrogens with one attached hydrogen (secondary N) is 1. The first-order valence-electron chi connectivity index (χ1n) is 10.00. The number of para-hydroxylation sites is 1. The average molecular weight is 421 g/mol. The molecule has 0 fully saturated rings. The summed E-state index contributed by atoms with van der Waals surface area (Å²) in [5, 5.41) is 11.3. The van der Waals surface area contributed by atoms with Crippen LogP contribution in [0.4, 0.5) is 0 Å². The number of H-pyrrole nitrogens is 1. The molecule has 162 valence electrons. The molecule has 0 amide bonds. The lowest BCUT2D eigenvalue weighted by atomic mass is 10.1. The van der Waals surface area contributed by atoms with E-state index in [0.717, 1.165) is 16.8 Å². The molecule has 3 rings (SSSR count). The topological polar surface area (TPSA) is 85.8 Å². The van der Waals surface area contributed by atoms with Gasteiger partial charge in [0.2, 0.25) is 5.88 Å². The third kappa shape index (κ3) is 6.18. The molecular formula is C24H27N3O4. The number of hydrogen-bond acceptors (Lipinski definition) is 6. The minimum absolute atomic E-state index is 0.262. The minimum Gasteiger partial charge on any atom is -0.456 e. The van der Waals surface area contributed by atoms with E-state index < -0.39 is 5.60 Å². The molecule has 7 heteroatoms. The van der Waals surface area contributed by atoms with E-state index in [1.165, 1.54) is 0 Å². The molecule has 1 heterocycles. The van der Waals surface area contributed by atoms with Gasteiger partial charge in [-0.3, -0.25) is 0 Å². The van der Waals surface area contributed by atoms with Gasteiger partial charge in [0.15, 0.2) is 0 Å². The molecule has 0 spiro atoms. The number of hydrogen-bond donors (Lipinski definition) is 1. The first-order chi connectivity index (χ1) is 14.7. The molecule has 2 aromatic carbocycles. The van der Waals surface area contributed by atoms with Crippen LogP contribution in [-0.4, -0.2) is 27.5 Å². The Kier molecular flexibility index (Phi) is 6.74. The standard InChI is InChI=1S/C24H27N3O4/c1-16-21(22(26-25-16)30-20-9-7-6-8-10-20)17(2)27-29-15-18-11-13-19(14-12-18)23(28)31-24(3,4)5/h6-14H,15H2,1-5H3,(H,25,26). The molecule has 0 saturated heterocycles. The van der Waals surface area contributed by atoms with Crippen molar-refractivity contribution in [1.29, 1.82) is 0 Å². The normalized spacial score (nSPS) is 11.8. The molecule has 0 aliphatic heterocycles. The van der Waals surface area contributed by atoms with Crippen LogP contribution in [0.15, 0.2) is 59.8 Å².